The van der Waals surface area contributed by atoms with Gasteiger partial charge in [-0.25, -0.2) is 18.7 Å². The zero-order chi connectivity index (χ0) is 19.0. The number of aliphatic hydroxyl groups is 3. The van der Waals surface area contributed by atoms with E-state index < -0.39 is 41.9 Å². The number of anilines is 2. The molecule has 5 atom stereocenters. The van der Waals surface area contributed by atoms with Crippen molar-refractivity contribution in [2.45, 2.75) is 30.8 Å². The first kappa shape index (κ1) is 18.4. The lowest BCUT2D eigenvalue weighted by Gasteiger charge is -2.28. The third kappa shape index (κ3) is 3.33. The minimum Gasteiger partial charge on any atom is -0.390 e. The first-order valence-electron chi connectivity index (χ1n) is 8.09. The number of hydrogen-bond donors (Lipinski definition) is 4. The number of benzene rings is 1. The van der Waals surface area contributed by atoms with Crippen LogP contribution in [-0.2, 0) is 0 Å². The second-order valence-electron chi connectivity index (χ2n) is 6.48. The monoisotopic (exact) mass is 366 g/mol. The van der Waals surface area contributed by atoms with E-state index in [9.17, 15) is 24.1 Å². The molecule has 1 unspecified atom stereocenters. The van der Waals surface area contributed by atoms with E-state index in [0.717, 1.165) is 12.1 Å². The Bertz CT molecular complexity index is 794. The number of aliphatic hydroxyl groups excluding tert-OH is 3. The molecule has 1 fully saturated rings. The van der Waals surface area contributed by atoms with E-state index in [0.29, 0.717) is 5.82 Å². The van der Waals surface area contributed by atoms with E-state index in [1.54, 1.807) is 11.9 Å². The van der Waals surface area contributed by atoms with Crippen LogP contribution in [0.15, 0.2) is 30.6 Å². The average molecular weight is 366 g/mol. The Balaban J connectivity index is 1.81. The van der Waals surface area contributed by atoms with Gasteiger partial charge < -0.3 is 26.0 Å². The molecule has 1 aliphatic carbocycles. The molecule has 0 amide bonds. The number of nitrogen functional groups attached to an aromatic ring is 1. The maximum Gasteiger partial charge on any atom is 0.159 e. The van der Waals surface area contributed by atoms with Crippen LogP contribution in [0.2, 0.25) is 0 Å². The minimum atomic E-state index is -1.26. The van der Waals surface area contributed by atoms with Crippen LogP contribution in [0.4, 0.5) is 20.4 Å². The summed E-state index contributed by atoms with van der Waals surface area (Å²) in [6.45, 7) is 0. The molecule has 1 saturated carbocycles. The fourth-order valence-corrected chi connectivity index (χ4v) is 3.41. The summed E-state index contributed by atoms with van der Waals surface area (Å²) in [6.07, 6.45) is -2.18. The number of halogens is 2. The fraction of sp³-hybridized carbons (Fsp3) is 0.412. The number of nitrogens with zero attached hydrogens (tertiary/aromatic N) is 3. The lowest BCUT2D eigenvalue weighted by atomic mass is 9.92. The Morgan fingerprint density at radius 3 is 2.54 bits per heavy atom. The van der Waals surface area contributed by atoms with Crippen LogP contribution in [-0.4, -0.2) is 50.6 Å². The molecular formula is C17H20F2N4O3. The molecule has 0 radical (unpaired) electrons. The van der Waals surface area contributed by atoms with E-state index in [4.69, 9.17) is 5.73 Å². The Hall–Kier alpha value is -2.36. The largest absolute Gasteiger partial charge is 0.390 e. The van der Waals surface area contributed by atoms with Crippen molar-refractivity contribution in [3.05, 3.63) is 47.8 Å². The van der Waals surface area contributed by atoms with Gasteiger partial charge in [0.15, 0.2) is 11.6 Å². The molecule has 2 aromatic rings. The summed E-state index contributed by atoms with van der Waals surface area (Å²) in [5.74, 6) is -2.15. The summed E-state index contributed by atoms with van der Waals surface area (Å²) in [6, 6.07) is 4.03. The van der Waals surface area contributed by atoms with Gasteiger partial charge in [0, 0.05) is 19.0 Å². The Morgan fingerprint density at radius 2 is 1.88 bits per heavy atom. The molecule has 140 valence electrons. The zero-order valence-corrected chi connectivity index (χ0v) is 14.0. The number of aromatic nitrogens is 2. The van der Waals surface area contributed by atoms with Crippen LogP contribution in [0, 0.1) is 17.6 Å². The van der Waals surface area contributed by atoms with Crippen molar-refractivity contribution in [2.24, 2.45) is 5.92 Å². The van der Waals surface area contributed by atoms with Gasteiger partial charge in [-0.15, -0.1) is 0 Å². The fourth-order valence-electron chi connectivity index (χ4n) is 3.41. The SMILES string of the molecule is CN(c1cc(N)ncn1)[C@@H]1C[C@H](C(O)c2ccc(F)c(F)c2)[C@@H](O)[C@H]1O. The maximum absolute atomic E-state index is 13.4. The minimum absolute atomic E-state index is 0.134. The molecule has 7 nitrogen and oxygen atoms in total. The highest BCUT2D eigenvalue weighted by molar-refractivity contribution is 5.46. The molecule has 0 aliphatic heterocycles. The maximum atomic E-state index is 13.4. The summed E-state index contributed by atoms with van der Waals surface area (Å²) in [5, 5.41) is 31.3. The van der Waals surface area contributed by atoms with Crippen LogP contribution in [0.3, 0.4) is 0 Å². The average Bonchev–Trinajstić information content (AvgIpc) is 2.91. The molecule has 1 heterocycles. The van der Waals surface area contributed by atoms with Crippen LogP contribution in [0.25, 0.3) is 0 Å². The van der Waals surface area contributed by atoms with Crippen molar-refractivity contribution >= 4 is 11.6 Å². The molecule has 3 rings (SSSR count). The van der Waals surface area contributed by atoms with Gasteiger partial charge in [0.1, 0.15) is 24.1 Å². The molecule has 0 spiro atoms. The number of nitrogens with two attached hydrogens (primary N) is 1. The van der Waals surface area contributed by atoms with Gasteiger partial charge in [0.25, 0.3) is 0 Å². The van der Waals surface area contributed by atoms with Gasteiger partial charge in [-0.2, -0.15) is 0 Å². The molecule has 1 aromatic heterocycles. The Kier molecular flexibility index (Phi) is 5.03. The smallest absolute Gasteiger partial charge is 0.159 e. The predicted octanol–water partition coefficient (Wildman–Crippen LogP) is 0.617. The third-order valence-electron chi connectivity index (χ3n) is 4.92. The van der Waals surface area contributed by atoms with Gasteiger partial charge >= 0.3 is 0 Å². The van der Waals surface area contributed by atoms with E-state index in [1.807, 2.05) is 0 Å². The molecule has 5 N–H and O–H groups in total. The quantitative estimate of drug-likeness (QED) is 0.627. The first-order chi connectivity index (χ1) is 12.3. The molecule has 9 heteroatoms. The molecule has 1 aliphatic rings. The summed E-state index contributed by atoms with van der Waals surface area (Å²) in [7, 11) is 1.68. The van der Waals surface area contributed by atoms with Crippen molar-refractivity contribution in [2.75, 3.05) is 17.7 Å². The Labute approximate surface area is 148 Å². The van der Waals surface area contributed by atoms with Crippen LogP contribution in [0.1, 0.15) is 18.1 Å². The van der Waals surface area contributed by atoms with Gasteiger partial charge in [0.05, 0.1) is 18.2 Å². The van der Waals surface area contributed by atoms with Crippen LogP contribution < -0.4 is 10.6 Å². The van der Waals surface area contributed by atoms with Crippen LogP contribution >= 0.6 is 0 Å². The van der Waals surface area contributed by atoms with Crippen molar-refractivity contribution in [3.8, 4) is 0 Å². The summed E-state index contributed by atoms with van der Waals surface area (Å²) >= 11 is 0. The standard InChI is InChI=1S/C17H20F2N4O3/c1-23(14-6-13(20)21-7-22-14)12-5-9(16(25)17(12)26)15(24)8-2-3-10(18)11(19)4-8/h2-4,6-7,9,12,15-17,24-26H,5H2,1H3,(H2,20,21,22)/t9-,12-,15?,16-,17+/m1/s1. The van der Waals surface area contributed by atoms with Crippen molar-refractivity contribution in [1.82, 2.24) is 9.97 Å². The number of hydrogen-bond acceptors (Lipinski definition) is 7. The van der Waals surface area contributed by atoms with Gasteiger partial charge in [-0.05, 0) is 24.1 Å². The van der Waals surface area contributed by atoms with E-state index >= 15 is 0 Å². The number of rotatable bonds is 4. The third-order valence-corrected chi connectivity index (χ3v) is 4.92. The highest BCUT2D eigenvalue weighted by Crippen LogP contribution is 2.39. The zero-order valence-electron chi connectivity index (χ0n) is 14.0. The van der Waals surface area contributed by atoms with Crippen molar-refractivity contribution in [1.29, 1.82) is 0 Å². The topological polar surface area (TPSA) is 116 Å². The normalized spacial score (nSPS) is 26.7. The van der Waals surface area contributed by atoms with Gasteiger partial charge in [-0.1, -0.05) is 6.07 Å². The van der Waals surface area contributed by atoms with Gasteiger partial charge in [0.2, 0.25) is 0 Å². The van der Waals surface area contributed by atoms with Gasteiger partial charge in [-0.3, -0.25) is 0 Å². The second kappa shape index (κ2) is 7.10. The highest BCUT2D eigenvalue weighted by Gasteiger charge is 2.47. The van der Waals surface area contributed by atoms with E-state index in [1.165, 1.54) is 18.5 Å². The summed E-state index contributed by atoms with van der Waals surface area (Å²) < 4.78 is 26.5. The molecule has 1 aromatic carbocycles. The molecule has 0 bridgehead atoms. The van der Waals surface area contributed by atoms with Crippen molar-refractivity contribution in [3.63, 3.8) is 0 Å². The summed E-state index contributed by atoms with van der Waals surface area (Å²) in [4.78, 5) is 9.53. The number of likely N-dealkylation sites (N-methyl/N-ethyl adjacent to an activating group) is 1. The second-order valence-corrected chi connectivity index (χ2v) is 6.48. The first-order valence-corrected chi connectivity index (χ1v) is 8.09. The predicted molar refractivity (Wildman–Crippen MR) is 90.1 cm³/mol. The lowest BCUT2D eigenvalue weighted by Crippen LogP contribution is -2.41. The van der Waals surface area contributed by atoms with Crippen LogP contribution in [0.5, 0.6) is 0 Å². The van der Waals surface area contributed by atoms with E-state index in [2.05, 4.69) is 9.97 Å². The molecule has 0 saturated heterocycles. The lowest BCUT2D eigenvalue weighted by molar-refractivity contribution is -0.0232. The Morgan fingerprint density at radius 1 is 1.15 bits per heavy atom. The molecular weight excluding hydrogens is 346 g/mol. The highest BCUT2D eigenvalue weighted by atomic mass is 19.2. The summed E-state index contributed by atoms with van der Waals surface area (Å²) in [5.41, 5.74) is 5.77. The van der Waals surface area contributed by atoms with E-state index in [-0.39, 0.29) is 17.8 Å². The molecule has 26 heavy (non-hydrogen) atoms. The van der Waals surface area contributed by atoms with Crippen molar-refractivity contribution < 1.29 is 24.1 Å².